The van der Waals surface area contributed by atoms with Gasteiger partial charge in [-0.2, -0.15) is 18.3 Å². The van der Waals surface area contributed by atoms with E-state index in [0.717, 1.165) is 24.0 Å². The molecule has 1 fully saturated rings. The van der Waals surface area contributed by atoms with Gasteiger partial charge >= 0.3 is 6.18 Å². The predicted molar refractivity (Wildman–Crippen MR) is 177 cm³/mol. The summed E-state index contributed by atoms with van der Waals surface area (Å²) in [7, 11) is 0. The number of carbonyl (C=O) groups is 1. The van der Waals surface area contributed by atoms with Crippen LogP contribution in [0.25, 0.3) is 16.9 Å². The van der Waals surface area contributed by atoms with Gasteiger partial charge in [-0.25, -0.2) is 13.9 Å². The zero-order chi connectivity index (χ0) is 33.8. The van der Waals surface area contributed by atoms with Crippen molar-refractivity contribution in [3.05, 3.63) is 125 Å². The van der Waals surface area contributed by atoms with E-state index in [-0.39, 0.29) is 25.1 Å². The van der Waals surface area contributed by atoms with Crippen molar-refractivity contribution in [3.63, 3.8) is 0 Å². The van der Waals surface area contributed by atoms with Crippen molar-refractivity contribution in [1.29, 1.82) is 0 Å². The summed E-state index contributed by atoms with van der Waals surface area (Å²) in [6.07, 6.45) is 0.150. The second-order valence-electron chi connectivity index (χ2n) is 12.0. The highest BCUT2D eigenvalue weighted by atomic mass is 19.4. The number of anilines is 1. The molecule has 2 aromatic heterocycles. The molecule has 1 saturated carbocycles. The Balaban J connectivity index is 1.42. The topological polar surface area (TPSA) is 80.6 Å². The van der Waals surface area contributed by atoms with Gasteiger partial charge in [0.25, 0.3) is 5.91 Å². The van der Waals surface area contributed by atoms with Crippen LogP contribution >= 0.6 is 0 Å². The maximum absolute atomic E-state index is 14.8. The molecule has 1 aliphatic rings. The number of aromatic nitrogens is 3. The number of benzene rings is 3. The molecule has 1 aliphatic carbocycles. The van der Waals surface area contributed by atoms with E-state index in [1.54, 1.807) is 41.1 Å². The first-order chi connectivity index (χ1) is 23.1. The molecule has 48 heavy (non-hydrogen) atoms. The minimum Gasteiger partial charge on any atom is -0.489 e. The predicted octanol–water partition coefficient (Wildman–Crippen LogP) is 8.39. The molecule has 0 spiro atoms. The van der Waals surface area contributed by atoms with Crippen molar-refractivity contribution >= 4 is 17.2 Å². The number of hydrogen-bond donors (Lipinski definition) is 2. The average Bonchev–Trinajstić information content (AvgIpc) is 3.77. The number of ether oxygens (including phenoxy) is 1. The van der Waals surface area contributed by atoms with E-state index in [0.29, 0.717) is 51.6 Å². The Morgan fingerprint density at radius 3 is 2.60 bits per heavy atom. The Hall–Kier alpha value is -5.19. The number of fused-ring (bicyclic) bond motifs is 1. The zero-order valence-corrected chi connectivity index (χ0v) is 26.4. The second kappa shape index (κ2) is 13.9. The Kier molecular flexibility index (Phi) is 9.47. The molecule has 2 N–H and O–H groups in total. The number of nitrogens with zero attached hydrogens (tertiary/aromatic N) is 3. The first kappa shape index (κ1) is 32.7. The van der Waals surface area contributed by atoms with Gasteiger partial charge in [0.1, 0.15) is 18.2 Å². The number of halogens is 4. The van der Waals surface area contributed by atoms with Crippen molar-refractivity contribution < 1.29 is 27.1 Å². The summed E-state index contributed by atoms with van der Waals surface area (Å²) in [5.41, 5.74) is 5.15. The van der Waals surface area contributed by atoms with E-state index in [1.165, 1.54) is 12.1 Å². The summed E-state index contributed by atoms with van der Waals surface area (Å²) in [4.78, 5) is 17.3. The van der Waals surface area contributed by atoms with E-state index in [1.807, 2.05) is 43.3 Å². The molecular formula is C37H35F4N5O2. The van der Waals surface area contributed by atoms with Gasteiger partial charge in [0.2, 0.25) is 0 Å². The van der Waals surface area contributed by atoms with E-state index >= 15 is 0 Å². The number of allylic oxidation sites excluding steroid dienone is 1. The third kappa shape index (κ3) is 7.67. The van der Waals surface area contributed by atoms with E-state index < -0.39 is 24.3 Å². The fourth-order valence-electron chi connectivity index (χ4n) is 5.62. The van der Waals surface area contributed by atoms with Gasteiger partial charge in [0.05, 0.1) is 29.7 Å². The molecule has 1 unspecified atom stereocenters. The zero-order valence-electron chi connectivity index (χ0n) is 26.4. The van der Waals surface area contributed by atoms with Gasteiger partial charge in [0, 0.05) is 35.2 Å². The minimum absolute atomic E-state index is 0.135. The van der Waals surface area contributed by atoms with Gasteiger partial charge in [-0.15, -0.1) is 6.58 Å². The van der Waals surface area contributed by atoms with Crippen LogP contribution in [-0.4, -0.2) is 39.3 Å². The Morgan fingerprint density at radius 2 is 1.90 bits per heavy atom. The molecule has 5 aromatic rings. The van der Waals surface area contributed by atoms with E-state index in [9.17, 15) is 22.4 Å². The minimum atomic E-state index is -4.36. The lowest BCUT2D eigenvalue weighted by molar-refractivity contribution is -0.131. The number of amides is 1. The van der Waals surface area contributed by atoms with Crippen LogP contribution in [0.15, 0.2) is 91.6 Å². The number of aryl methyl sites for hydroxylation is 1. The molecule has 0 bridgehead atoms. The van der Waals surface area contributed by atoms with Crippen molar-refractivity contribution in [2.75, 3.05) is 11.9 Å². The molecule has 11 heteroatoms. The van der Waals surface area contributed by atoms with Crippen LogP contribution in [0.1, 0.15) is 64.3 Å². The largest absolute Gasteiger partial charge is 0.489 e. The van der Waals surface area contributed by atoms with Gasteiger partial charge in [-0.3, -0.25) is 4.79 Å². The molecule has 0 saturated heterocycles. The van der Waals surface area contributed by atoms with E-state index in [2.05, 4.69) is 22.2 Å². The molecule has 6 rings (SSSR count). The van der Waals surface area contributed by atoms with Crippen LogP contribution in [-0.2, 0) is 6.61 Å². The lowest BCUT2D eigenvalue weighted by Gasteiger charge is -2.21. The second-order valence-corrected chi connectivity index (χ2v) is 12.0. The molecule has 2 heterocycles. The maximum Gasteiger partial charge on any atom is 0.390 e. The van der Waals surface area contributed by atoms with Crippen molar-refractivity contribution in [3.8, 4) is 17.0 Å². The third-order valence-electron chi connectivity index (χ3n) is 8.23. The third-order valence-corrected chi connectivity index (χ3v) is 8.23. The maximum atomic E-state index is 14.8. The highest BCUT2D eigenvalue weighted by Gasteiger charge is 2.28. The summed E-state index contributed by atoms with van der Waals surface area (Å²) < 4.78 is 62.0. The number of alkyl halides is 3. The summed E-state index contributed by atoms with van der Waals surface area (Å²) in [6.45, 7) is 5.62. The van der Waals surface area contributed by atoms with Gasteiger partial charge in [-0.1, -0.05) is 42.5 Å². The number of rotatable bonds is 13. The van der Waals surface area contributed by atoms with E-state index in [4.69, 9.17) is 9.84 Å². The van der Waals surface area contributed by atoms with Gasteiger partial charge in [0.15, 0.2) is 5.65 Å². The SMILES string of the molecule is C=CCC(c1cc(NCCC(F)(F)F)c2ncc(-c3ccc(C(=O)NC4CC4)c(C)c3)n2n1)c1cc(F)ccc1OCc1ccccc1. The molecule has 1 amide bonds. The summed E-state index contributed by atoms with van der Waals surface area (Å²) >= 11 is 0. The Morgan fingerprint density at radius 1 is 1.10 bits per heavy atom. The molecular weight excluding hydrogens is 622 g/mol. The lowest BCUT2D eigenvalue weighted by Crippen LogP contribution is -2.26. The molecule has 0 aliphatic heterocycles. The summed E-state index contributed by atoms with van der Waals surface area (Å²) in [5, 5.41) is 10.8. The number of hydrogen-bond acceptors (Lipinski definition) is 5. The first-order valence-electron chi connectivity index (χ1n) is 15.8. The van der Waals surface area contributed by atoms with Crippen LogP contribution < -0.4 is 15.4 Å². The summed E-state index contributed by atoms with van der Waals surface area (Å²) in [5.74, 6) is -0.728. The smallest absolute Gasteiger partial charge is 0.390 e. The van der Waals surface area contributed by atoms with Crippen molar-refractivity contribution in [2.24, 2.45) is 0 Å². The standard InChI is InChI=1S/C37H35F4N5O2/c1-3-7-29(30-19-26(38)11-15-34(30)48-22-24-8-5-4-6-9-24)31-20-32(42-17-16-37(39,40)41)35-43-21-33(46(35)45-31)25-10-14-28(23(2)18-25)36(47)44-27-12-13-27/h3-6,8-11,14-15,18-21,27,29,42H,1,7,12-13,16-17,22H2,2H3,(H,44,47). The van der Waals surface area contributed by atoms with Crippen LogP contribution in [0.2, 0.25) is 0 Å². The van der Waals surface area contributed by atoms with Gasteiger partial charge < -0.3 is 15.4 Å². The monoisotopic (exact) mass is 657 g/mol. The first-order valence-corrected chi connectivity index (χ1v) is 15.8. The van der Waals surface area contributed by atoms with Crippen LogP contribution in [0.4, 0.5) is 23.2 Å². The fourth-order valence-corrected chi connectivity index (χ4v) is 5.62. The molecule has 248 valence electrons. The molecule has 0 radical (unpaired) electrons. The van der Waals surface area contributed by atoms with Crippen molar-refractivity contribution in [2.45, 2.75) is 57.3 Å². The molecule has 3 aromatic carbocycles. The molecule has 7 nitrogen and oxygen atoms in total. The normalized spacial score (nSPS) is 13.7. The quantitative estimate of drug-likeness (QED) is 0.0983. The average molecular weight is 658 g/mol. The molecule has 1 atom stereocenters. The highest BCUT2D eigenvalue weighted by molar-refractivity contribution is 5.96. The summed E-state index contributed by atoms with van der Waals surface area (Å²) in [6, 6.07) is 21.1. The Bertz CT molecular complexity index is 1940. The Labute approximate surface area is 275 Å². The van der Waals surface area contributed by atoms with Crippen molar-refractivity contribution in [1.82, 2.24) is 19.9 Å². The van der Waals surface area contributed by atoms with Crippen LogP contribution in [0.3, 0.4) is 0 Å². The fraction of sp³-hybridized carbons (Fsp3) is 0.270. The number of imidazole rings is 1. The number of carbonyl (C=O) groups excluding carboxylic acids is 1. The van der Waals surface area contributed by atoms with Crippen LogP contribution in [0.5, 0.6) is 5.75 Å². The lowest BCUT2D eigenvalue weighted by atomic mass is 9.91. The van der Waals surface area contributed by atoms with Crippen LogP contribution in [0, 0.1) is 12.7 Å². The highest BCUT2D eigenvalue weighted by Crippen LogP contribution is 2.37. The van der Waals surface area contributed by atoms with Gasteiger partial charge in [-0.05, 0) is 73.7 Å². The number of nitrogens with one attached hydrogen (secondary N) is 2.